The van der Waals surface area contributed by atoms with E-state index in [0.29, 0.717) is 17.4 Å². The van der Waals surface area contributed by atoms with E-state index in [1.165, 1.54) is 10.4 Å². The molecule has 0 saturated heterocycles. The van der Waals surface area contributed by atoms with Crippen molar-refractivity contribution in [1.29, 1.82) is 0 Å². The van der Waals surface area contributed by atoms with Crippen molar-refractivity contribution < 1.29 is 9.53 Å². The van der Waals surface area contributed by atoms with E-state index in [0.717, 1.165) is 29.4 Å². The Morgan fingerprint density at radius 1 is 1.36 bits per heavy atom. The van der Waals surface area contributed by atoms with Gasteiger partial charge >= 0.3 is 0 Å². The molecular formula is C19H19N3O2S. The van der Waals surface area contributed by atoms with Gasteiger partial charge in [-0.15, -0.1) is 11.3 Å². The Hall–Kier alpha value is -2.60. The van der Waals surface area contributed by atoms with Crippen molar-refractivity contribution in [2.45, 2.75) is 25.8 Å². The van der Waals surface area contributed by atoms with Gasteiger partial charge in [-0.1, -0.05) is 0 Å². The molecular weight excluding hydrogens is 334 g/mol. The maximum atomic E-state index is 12.5. The number of nitrogens with zero attached hydrogens (tertiary/aromatic N) is 1. The highest BCUT2D eigenvalue weighted by Crippen LogP contribution is 2.33. The Morgan fingerprint density at radius 2 is 2.20 bits per heavy atom. The largest absolute Gasteiger partial charge is 0.495 e. The zero-order valence-electron chi connectivity index (χ0n) is 14.1. The summed E-state index contributed by atoms with van der Waals surface area (Å²) >= 11 is 1.69. The van der Waals surface area contributed by atoms with Crippen LogP contribution in [0.5, 0.6) is 5.75 Å². The monoisotopic (exact) mass is 353 g/mol. The quantitative estimate of drug-likeness (QED) is 0.728. The lowest BCUT2D eigenvalue weighted by Gasteiger charge is -2.10. The fourth-order valence-electron chi connectivity index (χ4n) is 2.82. The van der Waals surface area contributed by atoms with Gasteiger partial charge in [-0.25, -0.2) is 0 Å². The van der Waals surface area contributed by atoms with Crippen LogP contribution in [0.1, 0.15) is 39.3 Å². The van der Waals surface area contributed by atoms with Crippen molar-refractivity contribution in [2.24, 2.45) is 0 Å². The topological polar surface area (TPSA) is 67.0 Å². The highest BCUT2D eigenvalue weighted by molar-refractivity contribution is 7.11. The molecule has 6 heteroatoms. The molecule has 0 bridgehead atoms. The van der Waals surface area contributed by atoms with Crippen molar-refractivity contribution in [3.8, 4) is 5.75 Å². The average molecular weight is 353 g/mol. The Bertz CT molecular complexity index is 966. The highest BCUT2D eigenvalue weighted by atomic mass is 32.1. The van der Waals surface area contributed by atoms with Gasteiger partial charge in [0, 0.05) is 10.9 Å². The molecule has 1 fully saturated rings. The smallest absolute Gasteiger partial charge is 0.255 e. The number of aromatic amines is 1. The molecule has 2 heterocycles. The number of carbonyl (C=O) groups excluding carboxylic acids is 1. The van der Waals surface area contributed by atoms with Gasteiger partial charge < -0.3 is 10.1 Å². The first kappa shape index (κ1) is 15.9. The molecule has 1 amide bonds. The molecule has 3 aromatic rings. The van der Waals surface area contributed by atoms with Crippen molar-refractivity contribution in [3.63, 3.8) is 0 Å². The number of fused-ring (bicyclic) bond motifs is 1. The number of nitrogens with one attached hydrogen (secondary N) is 2. The number of benzene rings is 1. The molecule has 0 atom stereocenters. The summed E-state index contributed by atoms with van der Waals surface area (Å²) < 4.78 is 5.59. The first-order valence-corrected chi connectivity index (χ1v) is 9.13. The van der Waals surface area contributed by atoms with Crippen LogP contribution in [0.3, 0.4) is 0 Å². The Kier molecular flexibility index (Phi) is 4.05. The number of thiophene rings is 1. The molecule has 2 aromatic heterocycles. The van der Waals surface area contributed by atoms with E-state index >= 15 is 0 Å². The molecule has 0 spiro atoms. The standard InChI is InChI=1S/C19H19N3O2S/c1-11-9-10-25-16(11)8-7-15-17-14(21-22-15)6-5-13(18(17)24-2)19(23)20-12-3-4-12/h5-10,12H,3-4H2,1-2H3,(H,20,23)(H,21,22)/b8-7+. The molecule has 1 aromatic carbocycles. The number of rotatable bonds is 5. The number of H-pyrrole nitrogens is 1. The maximum absolute atomic E-state index is 12.5. The summed E-state index contributed by atoms with van der Waals surface area (Å²) in [5.74, 6) is 0.471. The zero-order chi connectivity index (χ0) is 17.4. The lowest BCUT2D eigenvalue weighted by atomic mass is 10.1. The molecule has 25 heavy (non-hydrogen) atoms. The summed E-state index contributed by atoms with van der Waals surface area (Å²) in [6, 6.07) is 6.06. The number of hydrogen-bond donors (Lipinski definition) is 2. The van der Waals surface area contributed by atoms with E-state index in [1.807, 2.05) is 18.2 Å². The van der Waals surface area contributed by atoms with Gasteiger partial charge in [-0.3, -0.25) is 9.89 Å². The Morgan fingerprint density at radius 3 is 2.88 bits per heavy atom. The third kappa shape index (κ3) is 3.05. The fourth-order valence-corrected chi connectivity index (χ4v) is 3.64. The average Bonchev–Trinajstić information content (AvgIpc) is 3.18. The van der Waals surface area contributed by atoms with Crippen LogP contribution in [0, 0.1) is 6.92 Å². The van der Waals surface area contributed by atoms with Crippen LogP contribution in [0.15, 0.2) is 23.6 Å². The van der Waals surface area contributed by atoms with E-state index in [1.54, 1.807) is 24.5 Å². The normalized spacial score (nSPS) is 14.3. The molecule has 1 aliphatic carbocycles. The van der Waals surface area contributed by atoms with Gasteiger partial charge in [-0.2, -0.15) is 5.10 Å². The molecule has 5 nitrogen and oxygen atoms in total. The minimum absolute atomic E-state index is 0.0912. The van der Waals surface area contributed by atoms with E-state index in [4.69, 9.17) is 4.74 Å². The van der Waals surface area contributed by atoms with Crippen molar-refractivity contribution in [3.05, 3.63) is 45.3 Å². The number of carbonyl (C=O) groups is 1. The molecule has 4 rings (SSSR count). The number of hydrogen-bond acceptors (Lipinski definition) is 4. The highest BCUT2D eigenvalue weighted by Gasteiger charge is 2.26. The number of ether oxygens (including phenoxy) is 1. The molecule has 0 aliphatic heterocycles. The van der Waals surface area contributed by atoms with Crippen LogP contribution >= 0.6 is 11.3 Å². The SMILES string of the molecule is COc1c(C(=O)NC2CC2)ccc2[nH]nc(/C=C/c3sccc3C)c12. The fraction of sp³-hybridized carbons (Fsp3) is 0.263. The van der Waals surface area contributed by atoms with Crippen LogP contribution in [0.4, 0.5) is 0 Å². The lowest BCUT2D eigenvalue weighted by Crippen LogP contribution is -2.25. The minimum Gasteiger partial charge on any atom is -0.495 e. The van der Waals surface area contributed by atoms with Gasteiger partial charge in [-0.05, 0) is 61.1 Å². The van der Waals surface area contributed by atoms with E-state index in [-0.39, 0.29) is 5.91 Å². The van der Waals surface area contributed by atoms with Crippen LogP contribution in [-0.2, 0) is 0 Å². The van der Waals surface area contributed by atoms with E-state index < -0.39 is 0 Å². The van der Waals surface area contributed by atoms with Gasteiger partial charge in [0.05, 0.1) is 29.3 Å². The number of amides is 1. The van der Waals surface area contributed by atoms with Crippen molar-refractivity contribution in [2.75, 3.05) is 7.11 Å². The Labute approximate surface area is 149 Å². The zero-order valence-corrected chi connectivity index (χ0v) is 14.9. The second kappa shape index (κ2) is 6.37. The Balaban J connectivity index is 1.76. The first-order valence-electron chi connectivity index (χ1n) is 8.25. The molecule has 1 aliphatic rings. The third-order valence-electron chi connectivity index (χ3n) is 4.37. The van der Waals surface area contributed by atoms with Crippen molar-refractivity contribution >= 4 is 40.3 Å². The predicted octanol–water partition coefficient (Wildman–Crippen LogP) is 4.00. The number of aromatic nitrogens is 2. The number of aryl methyl sites for hydroxylation is 1. The predicted molar refractivity (Wildman–Crippen MR) is 101 cm³/mol. The summed E-state index contributed by atoms with van der Waals surface area (Å²) in [5.41, 5.74) is 3.39. The van der Waals surface area contributed by atoms with Crippen LogP contribution in [0.2, 0.25) is 0 Å². The van der Waals surface area contributed by atoms with E-state index in [2.05, 4.69) is 33.9 Å². The van der Waals surface area contributed by atoms with E-state index in [9.17, 15) is 4.79 Å². The molecule has 0 radical (unpaired) electrons. The van der Waals surface area contributed by atoms with Crippen molar-refractivity contribution in [1.82, 2.24) is 15.5 Å². The summed E-state index contributed by atoms with van der Waals surface area (Å²) in [5, 5.41) is 13.3. The van der Waals surface area contributed by atoms with Gasteiger partial charge in [0.25, 0.3) is 5.91 Å². The summed E-state index contributed by atoms with van der Waals surface area (Å²) in [7, 11) is 1.59. The minimum atomic E-state index is -0.0912. The molecule has 128 valence electrons. The second-order valence-electron chi connectivity index (χ2n) is 6.23. The number of methoxy groups -OCH3 is 1. The third-order valence-corrected chi connectivity index (χ3v) is 5.35. The first-order chi connectivity index (χ1) is 12.2. The molecule has 0 unspecified atom stereocenters. The van der Waals surface area contributed by atoms with Crippen LogP contribution in [-0.4, -0.2) is 29.3 Å². The molecule has 1 saturated carbocycles. The van der Waals surface area contributed by atoms with Crippen LogP contribution < -0.4 is 10.1 Å². The summed E-state index contributed by atoms with van der Waals surface area (Å²) in [4.78, 5) is 13.7. The van der Waals surface area contributed by atoms with Gasteiger partial charge in [0.15, 0.2) is 0 Å². The second-order valence-corrected chi connectivity index (χ2v) is 7.17. The summed E-state index contributed by atoms with van der Waals surface area (Å²) in [6.45, 7) is 2.08. The summed E-state index contributed by atoms with van der Waals surface area (Å²) in [6.07, 6.45) is 6.11. The maximum Gasteiger partial charge on any atom is 0.255 e. The van der Waals surface area contributed by atoms with Gasteiger partial charge in [0.1, 0.15) is 5.75 Å². The molecule has 2 N–H and O–H groups in total. The lowest BCUT2D eigenvalue weighted by molar-refractivity contribution is 0.0948. The van der Waals surface area contributed by atoms with Gasteiger partial charge in [0.2, 0.25) is 0 Å². The van der Waals surface area contributed by atoms with Crippen LogP contribution in [0.25, 0.3) is 23.1 Å².